The number of ether oxygens (including phenoxy) is 1. The Labute approximate surface area is 120 Å². The normalized spacial score (nSPS) is 16.2. The van der Waals surface area contributed by atoms with E-state index >= 15 is 0 Å². The van der Waals surface area contributed by atoms with Crippen molar-refractivity contribution in [2.75, 3.05) is 37.7 Å². The van der Waals surface area contributed by atoms with E-state index in [0.29, 0.717) is 25.5 Å². The van der Waals surface area contributed by atoms with Gasteiger partial charge in [-0.1, -0.05) is 6.07 Å². The number of rotatable bonds is 4. The average Bonchev–Trinajstić information content (AvgIpc) is 2.45. The van der Waals surface area contributed by atoms with Crippen molar-refractivity contribution < 1.29 is 9.53 Å². The Kier molecular flexibility index (Phi) is 4.73. The lowest BCUT2D eigenvalue weighted by molar-refractivity contribution is 0.0977. The minimum absolute atomic E-state index is 0.0232. The number of morpholine rings is 1. The van der Waals surface area contributed by atoms with Gasteiger partial charge in [-0.15, -0.1) is 0 Å². The fourth-order valence-electron chi connectivity index (χ4n) is 1.98. The summed E-state index contributed by atoms with van der Waals surface area (Å²) in [6.07, 6.45) is 0. The molecular weight excluding hydrogens is 254 g/mol. The first-order chi connectivity index (χ1) is 9.46. The molecule has 1 aromatic rings. The molecule has 0 amide bonds. The highest BCUT2D eigenvalue weighted by molar-refractivity contribution is 5.96. The molecule has 0 aliphatic carbocycles. The van der Waals surface area contributed by atoms with E-state index in [1.54, 1.807) is 6.07 Å². The summed E-state index contributed by atoms with van der Waals surface area (Å²) in [5.74, 6) is 0.880. The molecule has 1 aromatic heterocycles. The molecule has 0 saturated carbocycles. The van der Waals surface area contributed by atoms with Gasteiger partial charge in [0.05, 0.1) is 19.8 Å². The second-order valence-electron chi connectivity index (χ2n) is 6.01. The Balaban J connectivity index is 2.03. The van der Waals surface area contributed by atoms with Crippen molar-refractivity contribution >= 4 is 11.6 Å². The molecule has 5 heteroatoms. The summed E-state index contributed by atoms with van der Waals surface area (Å²) >= 11 is 0. The smallest absolute Gasteiger partial charge is 0.194 e. The SMILES string of the molecule is CC(C)(C)NCC(=O)c1cccc(N2CCOCC2)n1. The highest BCUT2D eigenvalue weighted by atomic mass is 16.5. The Morgan fingerprint density at radius 3 is 2.70 bits per heavy atom. The topological polar surface area (TPSA) is 54.5 Å². The standard InChI is InChI=1S/C15H23N3O2/c1-15(2,3)16-11-13(19)12-5-4-6-14(17-12)18-7-9-20-10-8-18/h4-6,16H,7-11H2,1-3H3. The quantitative estimate of drug-likeness (QED) is 0.845. The molecule has 1 fully saturated rings. The van der Waals surface area contributed by atoms with Gasteiger partial charge >= 0.3 is 0 Å². The van der Waals surface area contributed by atoms with Crippen molar-refractivity contribution in [3.05, 3.63) is 23.9 Å². The Morgan fingerprint density at radius 2 is 2.05 bits per heavy atom. The van der Waals surface area contributed by atoms with Crippen LogP contribution in [-0.2, 0) is 4.74 Å². The average molecular weight is 277 g/mol. The van der Waals surface area contributed by atoms with Crippen LogP contribution >= 0.6 is 0 Å². The highest BCUT2D eigenvalue weighted by Crippen LogP contribution is 2.13. The van der Waals surface area contributed by atoms with E-state index in [-0.39, 0.29) is 11.3 Å². The lowest BCUT2D eigenvalue weighted by Crippen LogP contribution is -2.40. The summed E-state index contributed by atoms with van der Waals surface area (Å²) in [7, 11) is 0. The van der Waals surface area contributed by atoms with Crippen LogP contribution in [0.2, 0.25) is 0 Å². The van der Waals surface area contributed by atoms with Gasteiger partial charge in [0.25, 0.3) is 0 Å². The third-order valence-corrected chi connectivity index (χ3v) is 3.13. The van der Waals surface area contributed by atoms with Gasteiger partial charge in [0.2, 0.25) is 0 Å². The summed E-state index contributed by atoms with van der Waals surface area (Å²) < 4.78 is 5.33. The van der Waals surface area contributed by atoms with Crippen molar-refractivity contribution in [3.63, 3.8) is 0 Å². The van der Waals surface area contributed by atoms with E-state index in [9.17, 15) is 4.79 Å². The first kappa shape index (κ1) is 14.9. The fraction of sp³-hybridized carbons (Fsp3) is 0.600. The molecule has 1 saturated heterocycles. The van der Waals surface area contributed by atoms with E-state index in [1.807, 2.05) is 32.9 Å². The number of carbonyl (C=O) groups excluding carboxylic acids is 1. The summed E-state index contributed by atoms with van der Waals surface area (Å²) in [6.45, 7) is 9.50. The summed E-state index contributed by atoms with van der Waals surface area (Å²) in [6, 6.07) is 5.61. The van der Waals surface area contributed by atoms with Crippen molar-refractivity contribution in [3.8, 4) is 0 Å². The molecule has 0 radical (unpaired) electrons. The van der Waals surface area contributed by atoms with Crippen molar-refractivity contribution in [2.24, 2.45) is 0 Å². The number of hydrogen-bond acceptors (Lipinski definition) is 5. The number of carbonyl (C=O) groups is 1. The van der Waals surface area contributed by atoms with Crippen LogP contribution in [-0.4, -0.2) is 49.2 Å². The zero-order valence-corrected chi connectivity index (χ0v) is 12.5. The van der Waals surface area contributed by atoms with Crippen LogP contribution in [0, 0.1) is 0 Å². The second kappa shape index (κ2) is 6.33. The first-order valence-corrected chi connectivity index (χ1v) is 7.04. The van der Waals surface area contributed by atoms with E-state index in [4.69, 9.17) is 4.74 Å². The lowest BCUT2D eigenvalue weighted by atomic mass is 10.1. The molecule has 0 spiro atoms. The van der Waals surface area contributed by atoms with Gasteiger partial charge in [0.1, 0.15) is 11.5 Å². The van der Waals surface area contributed by atoms with E-state index in [1.165, 1.54) is 0 Å². The van der Waals surface area contributed by atoms with Crippen LogP contribution in [0.3, 0.4) is 0 Å². The van der Waals surface area contributed by atoms with E-state index in [2.05, 4.69) is 15.2 Å². The Morgan fingerprint density at radius 1 is 1.35 bits per heavy atom. The van der Waals surface area contributed by atoms with Gasteiger partial charge in [-0.05, 0) is 32.9 Å². The van der Waals surface area contributed by atoms with Gasteiger partial charge in [0, 0.05) is 18.6 Å². The maximum Gasteiger partial charge on any atom is 0.194 e. The number of anilines is 1. The zero-order valence-electron chi connectivity index (χ0n) is 12.5. The van der Waals surface area contributed by atoms with Gasteiger partial charge in [-0.2, -0.15) is 0 Å². The lowest BCUT2D eigenvalue weighted by Gasteiger charge is -2.28. The predicted molar refractivity (Wildman–Crippen MR) is 79.4 cm³/mol. The van der Waals surface area contributed by atoms with Gasteiger partial charge in [-0.25, -0.2) is 4.98 Å². The van der Waals surface area contributed by atoms with Crippen LogP contribution in [0.4, 0.5) is 5.82 Å². The number of aromatic nitrogens is 1. The van der Waals surface area contributed by atoms with Crippen LogP contribution in [0.1, 0.15) is 31.3 Å². The largest absolute Gasteiger partial charge is 0.378 e. The molecule has 0 unspecified atom stereocenters. The van der Waals surface area contributed by atoms with Crippen LogP contribution in [0.5, 0.6) is 0 Å². The number of nitrogens with one attached hydrogen (secondary N) is 1. The zero-order chi connectivity index (χ0) is 14.6. The second-order valence-corrected chi connectivity index (χ2v) is 6.01. The minimum Gasteiger partial charge on any atom is -0.378 e. The van der Waals surface area contributed by atoms with E-state index in [0.717, 1.165) is 18.9 Å². The number of nitrogens with zero attached hydrogens (tertiary/aromatic N) is 2. The number of Topliss-reactive ketones (excluding diaryl/α,β-unsaturated/α-hetero) is 1. The molecule has 2 heterocycles. The fourth-order valence-corrected chi connectivity index (χ4v) is 1.98. The molecule has 20 heavy (non-hydrogen) atoms. The maximum absolute atomic E-state index is 12.2. The molecule has 1 N–H and O–H groups in total. The third-order valence-electron chi connectivity index (χ3n) is 3.13. The summed E-state index contributed by atoms with van der Waals surface area (Å²) in [5.41, 5.74) is 0.447. The van der Waals surface area contributed by atoms with Gasteiger partial charge in [-0.3, -0.25) is 4.79 Å². The Bertz CT molecular complexity index is 462. The van der Waals surface area contributed by atoms with Crippen LogP contribution < -0.4 is 10.2 Å². The molecule has 0 atom stereocenters. The molecular formula is C15H23N3O2. The minimum atomic E-state index is -0.0719. The van der Waals surface area contributed by atoms with Crippen molar-refractivity contribution in [2.45, 2.75) is 26.3 Å². The molecule has 0 bridgehead atoms. The van der Waals surface area contributed by atoms with Crippen molar-refractivity contribution in [1.82, 2.24) is 10.3 Å². The maximum atomic E-state index is 12.2. The highest BCUT2D eigenvalue weighted by Gasteiger charge is 2.16. The number of ketones is 1. The molecule has 2 rings (SSSR count). The molecule has 5 nitrogen and oxygen atoms in total. The molecule has 1 aliphatic heterocycles. The number of hydrogen-bond donors (Lipinski definition) is 1. The van der Waals surface area contributed by atoms with Gasteiger partial charge < -0.3 is 15.0 Å². The summed E-state index contributed by atoms with van der Waals surface area (Å²) in [5, 5.41) is 3.20. The Hall–Kier alpha value is -1.46. The first-order valence-electron chi connectivity index (χ1n) is 7.04. The van der Waals surface area contributed by atoms with Crippen LogP contribution in [0.15, 0.2) is 18.2 Å². The monoisotopic (exact) mass is 277 g/mol. The van der Waals surface area contributed by atoms with Gasteiger partial charge in [0.15, 0.2) is 5.78 Å². The molecule has 1 aliphatic rings. The number of pyridine rings is 1. The summed E-state index contributed by atoms with van der Waals surface area (Å²) in [4.78, 5) is 18.8. The molecule has 0 aromatic carbocycles. The molecule has 110 valence electrons. The van der Waals surface area contributed by atoms with Crippen molar-refractivity contribution in [1.29, 1.82) is 0 Å². The van der Waals surface area contributed by atoms with Crippen LogP contribution in [0.25, 0.3) is 0 Å². The van der Waals surface area contributed by atoms with E-state index < -0.39 is 0 Å². The third kappa shape index (κ3) is 4.28. The predicted octanol–water partition coefficient (Wildman–Crippen LogP) is 1.49.